The Hall–Kier alpha value is -1.72. The number of anilines is 2. The fourth-order valence-electron chi connectivity index (χ4n) is 1.55. The van der Waals surface area contributed by atoms with Crippen LogP contribution in [0.5, 0.6) is 5.75 Å². The maximum Gasteiger partial charge on any atom is 0.262 e. The van der Waals surface area contributed by atoms with Gasteiger partial charge in [-0.3, -0.25) is 4.79 Å². The van der Waals surface area contributed by atoms with Crippen molar-refractivity contribution in [2.75, 3.05) is 17.7 Å². The Labute approximate surface area is 130 Å². The molecule has 3 N–H and O–H groups in total. The SMILES string of the molecule is Nc1cccc(OCC(=O)Nc2cccc(Cl)c2)c1Br. The number of benzene rings is 2. The molecule has 20 heavy (non-hydrogen) atoms. The molecule has 0 saturated heterocycles. The predicted molar refractivity (Wildman–Crippen MR) is 84.1 cm³/mol. The molecular weight excluding hydrogens is 344 g/mol. The topological polar surface area (TPSA) is 64.3 Å². The van der Waals surface area contributed by atoms with Gasteiger partial charge in [-0.1, -0.05) is 23.7 Å². The highest BCUT2D eigenvalue weighted by atomic mass is 79.9. The van der Waals surface area contributed by atoms with Gasteiger partial charge in [0, 0.05) is 16.4 Å². The molecular formula is C14H12BrClN2O2. The standard InChI is InChI=1S/C14H12BrClN2O2/c15-14-11(17)5-2-6-12(14)20-8-13(19)18-10-4-1-3-9(16)7-10/h1-7H,8,17H2,(H,18,19). The van der Waals surface area contributed by atoms with Crippen molar-refractivity contribution in [2.24, 2.45) is 0 Å². The zero-order chi connectivity index (χ0) is 14.5. The number of nitrogen functional groups attached to an aromatic ring is 1. The van der Waals surface area contributed by atoms with Gasteiger partial charge in [0.05, 0.1) is 4.47 Å². The van der Waals surface area contributed by atoms with E-state index in [-0.39, 0.29) is 12.5 Å². The molecule has 0 aliphatic heterocycles. The number of carbonyl (C=O) groups excluding carboxylic acids is 1. The van der Waals surface area contributed by atoms with Gasteiger partial charge in [-0.15, -0.1) is 0 Å². The van der Waals surface area contributed by atoms with Crippen molar-refractivity contribution in [3.8, 4) is 5.75 Å². The number of amides is 1. The van der Waals surface area contributed by atoms with Gasteiger partial charge in [0.2, 0.25) is 0 Å². The van der Waals surface area contributed by atoms with Gasteiger partial charge in [-0.05, 0) is 46.3 Å². The molecule has 2 aromatic rings. The second-order valence-electron chi connectivity index (χ2n) is 4.01. The van der Waals surface area contributed by atoms with Gasteiger partial charge < -0.3 is 15.8 Å². The highest BCUT2D eigenvalue weighted by Crippen LogP contribution is 2.30. The Balaban J connectivity index is 1.94. The highest BCUT2D eigenvalue weighted by Gasteiger charge is 2.08. The van der Waals surface area contributed by atoms with Crippen LogP contribution in [-0.4, -0.2) is 12.5 Å². The van der Waals surface area contributed by atoms with Gasteiger partial charge in [-0.25, -0.2) is 0 Å². The van der Waals surface area contributed by atoms with Crippen molar-refractivity contribution in [3.63, 3.8) is 0 Å². The van der Waals surface area contributed by atoms with E-state index in [1.54, 1.807) is 42.5 Å². The molecule has 2 rings (SSSR count). The Morgan fingerprint density at radius 3 is 2.80 bits per heavy atom. The maximum atomic E-state index is 11.8. The van der Waals surface area contributed by atoms with Crippen LogP contribution in [-0.2, 0) is 4.79 Å². The predicted octanol–water partition coefficient (Wildman–Crippen LogP) is 3.70. The molecule has 0 radical (unpaired) electrons. The van der Waals surface area contributed by atoms with Crippen LogP contribution in [0.15, 0.2) is 46.9 Å². The van der Waals surface area contributed by atoms with Crippen molar-refractivity contribution in [1.29, 1.82) is 0 Å². The molecule has 0 bridgehead atoms. The van der Waals surface area contributed by atoms with Gasteiger partial charge in [0.1, 0.15) is 5.75 Å². The zero-order valence-corrected chi connectivity index (χ0v) is 12.7. The van der Waals surface area contributed by atoms with Crippen LogP contribution in [0, 0.1) is 0 Å². The summed E-state index contributed by atoms with van der Waals surface area (Å²) in [4.78, 5) is 11.8. The monoisotopic (exact) mass is 354 g/mol. The van der Waals surface area contributed by atoms with Gasteiger partial charge in [-0.2, -0.15) is 0 Å². The van der Waals surface area contributed by atoms with Crippen molar-refractivity contribution in [1.82, 2.24) is 0 Å². The van der Waals surface area contributed by atoms with E-state index in [9.17, 15) is 4.79 Å². The fraction of sp³-hybridized carbons (Fsp3) is 0.0714. The molecule has 104 valence electrons. The van der Waals surface area contributed by atoms with Crippen molar-refractivity contribution >= 4 is 44.8 Å². The molecule has 6 heteroatoms. The molecule has 0 aromatic heterocycles. The number of nitrogens with two attached hydrogens (primary N) is 1. The second-order valence-corrected chi connectivity index (χ2v) is 5.24. The molecule has 4 nitrogen and oxygen atoms in total. The van der Waals surface area contributed by atoms with E-state index in [1.807, 2.05) is 0 Å². The number of rotatable bonds is 4. The summed E-state index contributed by atoms with van der Waals surface area (Å²) < 4.78 is 6.04. The largest absolute Gasteiger partial charge is 0.483 e. The van der Waals surface area contributed by atoms with E-state index >= 15 is 0 Å². The van der Waals surface area contributed by atoms with Crippen molar-refractivity contribution in [2.45, 2.75) is 0 Å². The lowest BCUT2D eigenvalue weighted by molar-refractivity contribution is -0.118. The molecule has 0 heterocycles. The van der Waals surface area contributed by atoms with E-state index in [0.29, 0.717) is 26.6 Å². The van der Waals surface area contributed by atoms with Gasteiger partial charge in [0.25, 0.3) is 5.91 Å². The molecule has 1 amide bonds. The van der Waals surface area contributed by atoms with Crippen LogP contribution in [0.4, 0.5) is 11.4 Å². The summed E-state index contributed by atoms with van der Waals surface area (Å²) in [5, 5.41) is 3.25. The number of nitrogens with one attached hydrogen (secondary N) is 1. The summed E-state index contributed by atoms with van der Waals surface area (Å²) >= 11 is 9.14. The number of ether oxygens (including phenoxy) is 1. The average Bonchev–Trinajstić information content (AvgIpc) is 2.40. The summed E-state index contributed by atoms with van der Waals surface area (Å²) in [7, 11) is 0. The first-order chi connectivity index (χ1) is 9.56. The van der Waals surface area contributed by atoms with Crippen LogP contribution in [0.25, 0.3) is 0 Å². The smallest absolute Gasteiger partial charge is 0.262 e. The van der Waals surface area contributed by atoms with Crippen molar-refractivity contribution in [3.05, 3.63) is 52.0 Å². The fourth-order valence-corrected chi connectivity index (χ4v) is 2.11. The minimum absolute atomic E-state index is 0.117. The van der Waals surface area contributed by atoms with E-state index in [4.69, 9.17) is 22.1 Å². The minimum Gasteiger partial charge on any atom is -0.483 e. The second kappa shape index (κ2) is 6.63. The molecule has 0 fully saturated rings. The molecule has 0 atom stereocenters. The summed E-state index contributed by atoms with van der Waals surface area (Å²) in [5.74, 6) is 0.243. The van der Waals surface area contributed by atoms with Crippen molar-refractivity contribution < 1.29 is 9.53 Å². The molecule has 0 saturated carbocycles. The molecule has 0 aliphatic carbocycles. The van der Waals surface area contributed by atoms with Crippen LogP contribution >= 0.6 is 27.5 Å². The Morgan fingerprint density at radius 1 is 1.30 bits per heavy atom. The van der Waals surface area contributed by atoms with E-state index in [2.05, 4.69) is 21.2 Å². The highest BCUT2D eigenvalue weighted by molar-refractivity contribution is 9.10. The molecule has 0 unspecified atom stereocenters. The summed E-state index contributed by atoms with van der Waals surface area (Å²) in [6.45, 7) is -0.117. The Kier molecular flexibility index (Phi) is 4.87. The molecule has 2 aromatic carbocycles. The number of halogens is 2. The average molecular weight is 356 g/mol. The van der Waals surface area contributed by atoms with Crippen LogP contribution < -0.4 is 15.8 Å². The lowest BCUT2D eigenvalue weighted by Gasteiger charge is -2.10. The van der Waals surface area contributed by atoms with Gasteiger partial charge in [0.15, 0.2) is 6.61 Å². The number of hydrogen-bond donors (Lipinski definition) is 2. The maximum absolute atomic E-state index is 11.8. The van der Waals surface area contributed by atoms with Crippen LogP contribution in [0.3, 0.4) is 0 Å². The van der Waals surface area contributed by atoms with Crippen LogP contribution in [0.2, 0.25) is 5.02 Å². The lowest BCUT2D eigenvalue weighted by atomic mass is 10.3. The minimum atomic E-state index is -0.276. The lowest BCUT2D eigenvalue weighted by Crippen LogP contribution is -2.20. The number of hydrogen-bond acceptors (Lipinski definition) is 3. The summed E-state index contributed by atoms with van der Waals surface area (Å²) in [5.41, 5.74) is 6.90. The Bertz CT molecular complexity index is 634. The third-order valence-electron chi connectivity index (χ3n) is 2.46. The normalized spacial score (nSPS) is 10.1. The summed E-state index contributed by atoms with van der Waals surface area (Å²) in [6.07, 6.45) is 0. The first kappa shape index (κ1) is 14.7. The van der Waals surface area contributed by atoms with E-state index in [0.717, 1.165) is 0 Å². The molecule has 0 spiro atoms. The third-order valence-corrected chi connectivity index (χ3v) is 3.54. The zero-order valence-electron chi connectivity index (χ0n) is 10.4. The third kappa shape index (κ3) is 3.88. The van der Waals surface area contributed by atoms with E-state index in [1.165, 1.54) is 0 Å². The van der Waals surface area contributed by atoms with E-state index < -0.39 is 0 Å². The number of carbonyl (C=O) groups is 1. The molecule has 0 aliphatic rings. The quantitative estimate of drug-likeness (QED) is 0.822. The summed E-state index contributed by atoms with van der Waals surface area (Å²) in [6, 6.07) is 12.1. The first-order valence-electron chi connectivity index (χ1n) is 5.78. The Morgan fingerprint density at radius 2 is 2.05 bits per heavy atom. The van der Waals surface area contributed by atoms with Crippen LogP contribution in [0.1, 0.15) is 0 Å². The van der Waals surface area contributed by atoms with Gasteiger partial charge >= 0.3 is 0 Å². The first-order valence-corrected chi connectivity index (χ1v) is 6.95.